The van der Waals surface area contributed by atoms with Gasteiger partial charge in [-0.2, -0.15) is 5.10 Å². The van der Waals surface area contributed by atoms with Crippen molar-refractivity contribution in [3.8, 4) is 17.2 Å². The molecule has 0 radical (unpaired) electrons. The maximum atomic E-state index is 11.4. The van der Waals surface area contributed by atoms with E-state index in [0.29, 0.717) is 22.8 Å². The summed E-state index contributed by atoms with van der Waals surface area (Å²) in [5.74, 6) is 1.24. The second-order valence-corrected chi connectivity index (χ2v) is 4.18. The number of anilines is 1. The molecule has 0 spiro atoms. The SMILES string of the molecule is COc1cc(/C=N/Nc2n[nH]c(=O)[nH]c2=O)cc(OC)c1OC. The Hall–Kier alpha value is -3.30. The third kappa shape index (κ3) is 3.67. The van der Waals surface area contributed by atoms with E-state index in [1.54, 1.807) is 12.1 Å². The number of nitrogens with one attached hydrogen (secondary N) is 3. The zero-order chi connectivity index (χ0) is 16.8. The molecular formula is C13H15N5O5. The first-order valence-corrected chi connectivity index (χ1v) is 6.37. The largest absolute Gasteiger partial charge is 0.493 e. The van der Waals surface area contributed by atoms with Gasteiger partial charge in [-0.3, -0.25) is 15.2 Å². The Morgan fingerprint density at radius 2 is 1.78 bits per heavy atom. The normalized spacial score (nSPS) is 10.6. The Kier molecular flexibility index (Phi) is 4.97. The van der Waals surface area contributed by atoms with Crippen molar-refractivity contribution in [3.05, 3.63) is 38.5 Å². The van der Waals surface area contributed by atoms with E-state index in [2.05, 4.69) is 20.7 Å². The number of aromatic nitrogens is 3. The van der Waals surface area contributed by atoms with Gasteiger partial charge in [-0.25, -0.2) is 9.89 Å². The number of H-pyrrole nitrogens is 2. The van der Waals surface area contributed by atoms with E-state index >= 15 is 0 Å². The highest BCUT2D eigenvalue weighted by atomic mass is 16.5. The predicted octanol–water partition coefficient (Wildman–Crippen LogP) is -0.0700. The Labute approximate surface area is 130 Å². The van der Waals surface area contributed by atoms with Crippen LogP contribution < -0.4 is 30.9 Å². The lowest BCUT2D eigenvalue weighted by Crippen LogP contribution is -2.25. The number of benzene rings is 1. The zero-order valence-corrected chi connectivity index (χ0v) is 12.7. The van der Waals surface area contributed by atoms with Crippen LogP contribution in [0.5, 0.6) is 17.2 Å². The molecule has 0 aliphatic rings. The molecule has 0 aliphatic carbocycles. The summed E-state index contributed by atoms with van der Waals surface area (Å²) in [5, 5.41) is 9.49. The van der Waals surface area contributed by atoms with Crippen LogP contribution in [-0.2, 0) is 0 Å². The molecule has 2 aromatic rings. The van der Waals surface area contributed by atoms with Gasteiger partial charge in [0.05, 0.1) is 27.5 Å². The first kappa shape index (κ1) is 16.1. The van der Waals surface area contributed by atoms with E-state index in [0.717, 1.165) is 0 Å². The molecule has 0 fully saturated rings. The number of rotatable bonds is 6. The number of nitrogens with zero attached hydrogens (tertiary/aromatic N) is 2. The van der Waals surface area contributed by atoms with Crippen LogP contribution in [0.4, 0.5) is 5.82 Å². The van der Waals surface area contributed by atoms with Crippen LogP contribution in [-0.4, -0.2) is 42.7 Å². The van der Waals surface area contributed by atoms with E-state index < -0.39 is 11.2 Å². The Balaban J connectivity index is 2.25. The molecule has 1 aromatic carbocycles. The Bertz CT molecular complexity index is 801. The molecule has 1 heterocycles. The molecule has 0 atom stereocenters. The summed E-state index contributed by atoms with van der Waals surface area (Å²) in [6.07, 6.45) is 1.43. The summed E-state index contributed by atoms with van der Waals surface area (Å²) in [7, 11) is 4.50. The van der Waals surface area contributed by atoms with Crippen LogP contribution in [0.2, 0.25) is 0 Å². The summed E-state index contributed by atoms with van der Waals surface area (Å²) in [6, 6.07) is 3.36. The predicted molar refractivity (Wildman–Crippen MR) is 82.8 cm³/mol. The smallest absolute Gasteiger partial charge is 0.342 e. The third-order valence-corrected chi connectivity index (χ3v) is 2.78. The molecule has 3 N–H and O–H groups in total. The maximum absolute atomic E-state index is 11.4. The average molecular weight is 321 g/mol. The van der Waals surface area contributed by atoms with E-state index in [1.807, 2.05) is 4.98 Å². The molecule has 122 valence electrons. The van der Waals surface area contributed by atoms with Gasteiger partial charge >= 0.3 is 5.69 Å². The summed E-state index contributed by atoms with van der Waals surface area (Å²) >= 11 is 0. The lowest BCUT2D eigenvalue weighted by Gasteiger charge is -2.12. The van der Waals surface area contributed by atoms with E-state index in [1.165, 1.54) is 27.5 Å². The van der Waals surface area contributed by atoms with Crippen LogP contribution in [0.15, 0.2) is 26.8 Å². The molecular weight excluding hydrogens is 306 g/mol. The van der Waals surface area contributed by atoms with Crippen LogP contribution in [0.3, 0.4) is 0 Å². The van der Waals surface area contributed by atoms with Crippen LogP contribution in [0.25, 0.3) is 0 Å². The molecule has 0 saturated carbocycles. The van der Waals surface area contributed by atoms with E-state index in [9.17, 15) is 9.59 Å². The fourth-order valence-corrected chi connectivity index (χ4v) is 1.77. The molecule has 10 heteroatoms. The standard InChI is InChI=1S/C13H15N5O5/c1-21-8-4-7(5-9(22-2)10(8)23-3)6-14-16-11-12(19)15-13(20)18-17-11/h4-6H,1-3H3,(H,16,17)(H2,15,18,19,20)/b14-6+. The van der Waals surface area contributed by atoms with Crippen molar-refractivity contribution < 1.29 is 14.2 Å². The Morgan fingerprint density at radius 1 is 1.13 bits per heavy atom. The minimum absolute atomic E-state index is 0.145. The molecule has 1 aromatic heterocycles. The van der Waals surface area contributed by atoms with Crippen LogP contribution >= 0.6 is 0 Å². The van der Waals surface area contributed by atoms with Gasteiger partial charge < -0.3 is 14.2 Å². The molecule has 0 amide bonds. The molecule has 2 rings (SSSR count). The van der Waals surface area contributed by atoms with Gasteiger partial charge in [0, 0.05) is 5.56 Å². The topological polar surface area (TPSA) is 131 Å². The number of aromatic amines is 2. The Morgan fingerprint density at radius 3 is 2.30 bits per heavy atom. The van der Waals surface area contributed by atoms with Crippen molar-refractivity contribution in [2.24, 2.45) is 5.10 Å². The molecule has 0 aliphatic heterocycles. The van der Waals surface area contributed by atoms with Crippen LogP contribution in [0.1, 0.15) is 5.56 Å². The lowest BCUT2D eigenvalue weighted by atomic mass is 10.2. The number of methoxy groups -OCH3 is 3. The summed E-state index contributed by atoms with van der Waals surface area (Å²) < 4.78 is 15.7. The number of hydrazone groups is 1. The highest BCUT2D eigenvalue weighted by Crippen LogP contribution is 2.37. The van der Waals surface area contributed by atoms with Gasteiger partial charge in [-0.1, -0.05) is 0 Å². The molecule has 10 nitrogen and oxygen atoms in total. The quantitative estimate of drug-likeness (QED) is 0.501. The van der Waals surface area contributed by atoms with Gasteiger partial charge in [0.25, 0.3) is 5.56 Å². The van der Waals surface area contributed by atoms with Crippen molar-refractivity contribution in [2.45, 2.75) is 0 Å². The monoisotopic (exact) mass is 321 g/mol. The molecule has 23 heavy (non-hydrogen) atoms. The average Bonchev–Trinajstić information content (AvgIpc) is 2.55. The van der Waals surface area contributed by atoms with Crippen molar-refractivity contribution >= 4 is 12.0 Å². The van der Waals surface area contributed by atoms with Crippen molar-refractivity contribution in [2.75, 3.05) is 26.8 Å². The van der Waals surface area contributed by atoms with Gasteiger partial charge in [0.2, 0.25) is 11.6 Å². The molecule has 0 unspecified atom stereocenters. The zero-order valence-electron chi connectivity index (χ0n) is 12.7. The van der Waals surface area contributed by atoms with Gasteiger partial charge in [-0.15, -0.1) is 5.10 Å². The molecule has 0 saturated heterocycles. The lowest BCUT2D eigenvalue weighted by molar-refractivity contribution is 0.324. The van der Waals surface area contributed by atoms with E-state index in [4.69, 9.17) is 14.2 Å². The van der Waals surface area contributed by atoms with Crippen molar-refractivity contribution in [3.63, 3.8) is 0 Å². The summed E-state index contributed by atoms with van der Waals surface area (Å²) in [4.78, 5) is 24.3. The second kappa shape index (κ2) is 7.11. The third-order valence-electron chi connectivity index (χ3n) is 2.78. The summed E-state index contributed by atoms with van der Waals surface area (Å²) in [6.45, 7) is 0. The maximum Gasteiger partial charge on any atom is 0.342 e. The fourth-order valence-electron chi connectivity index (χ4n) is 1.77. The van der Waals surface area contributed by atoms with E-state index in [-0.39, 0.29) is 5.82 Å². The first-order valence-electron chi connectivity index (χ1n) is 6.37. The number of ether oxygens (including phenoxy) is 3. The fraction of sp³-hybridized carbons (Fsp3) is 0.231. The van der Waals surface area contributed by atoms with Crippen LogP contribution in [0, 0.1) is 0 Å². The highest BCUT2D eigenvalue weighted by Gasteiger charge is 2.12. The summed E-state index contributed by atoms with van der Waals surface area (Å²) in [5.41, 5.74) is 1.67. The second-order valence-electron chi connectivity index (χ2n) is 4.18. The molecule has 0 bridgehead atoms. The number of hydrogen-bond acceptors (Lipinski definition) is 8. The minimum atomic E-state index is -0.700. The van der Waals surface area contributed by atoms with Crippen molar-refractivity contribution in [1.29, 1.82) is 0 Å². The van der Waals surface area contributed by atoms with Gasteiger partial charge in [0.15, 0.2) is 11.5 Å². The van der Waals surface area contributed by atoms with Crippen molar-refractivity contribution in [1.82, 2.24) is 15.2 Å². The number of hydrogen-bond donors (Lipinski definition) is 3. The van der Waals surface area contributed by atoms with Gasteiger partial charge in [0.1, 0.15) is 0 Å². The van der Waals surface area contributed by atoms with Gasteiger partial charge in [-0.05, 0) is 12.1 Å². The highest BCUT2D eigenvalue weighted by molar-refractivity contribution is 5.82. The minimum Gasteiger partial charge on any atom is -0.493 e. The first-order chi connectivity index (χ1) is 11.1.